The van der Waals surface area contributed by atoms with E-state index in [1.54, 1.807) is 14.1 Å². The van der Waals surface area contributed by atoms with Gasteiger partial charge in [0.15, 0.2) is 47.9 Å². The number of hydrogen-bond donors (Lipinski definition) is 13. The molecule has 4 aliphatic heterocycles. The first-order valence-electron chi connectivity index (χ1n) is 27.9. The van der Waals surface area contributed by atoms with E-state index in [4.69, 9.17) is 67.0 Å². The lowest BCUT2D eigenvalue weighted by Gasteiger charge is -2.27. The van der Waals surface area contributed by atoms with E-state index >= 15 is 0 Å². The Hall–Kier alpha value is -5.51. The van der Waals surface area contributed by atoms with Crippen LogP contribution in [0.5, 0.6) is 0 Å². The molecule has 0 bridgehead atoms. The van der Waals surface area contributed by atoms with Gasteiger partial charge >= 0.3 is 50.5 Å². The van der Waals surface area contributed by atoms with E-state index in [2.05, 4.69) is 48.5 Å². The number of hydrogen-bond acceptors (Lipinski definition) is 36. The number of phosphoric ester groups is 4. The van der Waals surface area contributed by atoms with E-state index in [0.29, 0.717) is 0 Å². The van der Waals surface area contributed by atoms with E-state index in [0.717, 1.165) is 54.6 Å². The Morgan fingerprint density at radius 1 is 0.592 bits per heavy atom. The second-order valence-electron chi connectivity index (χ2n) is 21.7. The minimum atomic E-state index is -6.31. The first-order chi connectivity index (χ1) is 45.6. The summed E-state index contributed by atoms with van der Waals surface area (Å²) in [6.45, 7) is -4.75. The number of aliphatic hydroxyl groups is 4. The number of halogens is 1. The van der Waals surface area contributed by atoms with Crippen molar-refractivity contribution < 1.29 is 160 Å². The molecule has 11 heterocycles. The zero-order chi connectivity index (χ0) is 70.2. The monoisotopic (exact) mass is 1610 g/mol. The van der Waals surface area contributed by atoms with Gasteiger partial charge in [0, 0.05) is 40.6 Å². The third kappa shape index (κ3) is 15.6. The highest BCUT2D eigenvalue weighted by atomic mass is 127. The number of aryl methyl sites for hydroxylation is 1. The summed E-state index contributed by atoms with van der Waals surface area (Å²) in [5.41, 5.74) is 9.39. The van der Waals surface area contributed by atoms with Crippen molar-refractivity contribution in [3.05, 3.63) is 75.1 Å². The van der Waals surface area contributed by atoms with Gasteiger partial charge in [-0.2, -0.15) is 8.62 Å². The number of nitrogen functional groups attached to an aromatic ring is 2. The number of methoxy groups -OCH3 is 2. The Bertz CT molecular complexity index is 4530. The highest BCUT2D eigenvalue weighted by molar-refractivity contribution is 7.66. The van der Waals surface area contributed by atoms with Gasteiger partial charge in [-0.15, -0.1) is 0 Å². The molecule has 0 aliphatic carbocycles. The molecule has 4 aliphatic rings. The standard InChI is InChI=1S/C44H60N17O31P5.HI/c1-56(2)43-54-37-24(38(67)55-43)57(3)16-61(37)40-28(66)26(64)18(86-40)9-83-95(73,74)91-97(77,78)92-96(75,76)84-11-20-30(32(80-5)42(88-20)60-15-52-23-34(46)48-13-50-36(23)60)90-94(71,72)82-10-19-29(31(79-4)41(87-19)58-7-6-21(62)53-44(58)68)89-93(69,70)81-8-17-25(63)27(65)39(85-17)59-14-51-22-33(45)47-12-49-35(22)59;/h6-7,12-20,25-32,39-42,63-66H,8-11H2,1-5H3,(H10-,45,46,47,48,49,50,53,54,55,62,67,68,69,70,71,72,73,74,75,76,77,78);1H/t17-,18-,19-,20-,25-,26-,27-,28-,29-,30-,31-,32-,39-,40-,41-,42-;/m1./s1. The molecule has 48 nitrogen and oxygen atoms in total. The first kappa shape index (κ1) is 75.2. The summed E-state index contributed by atoms with van der Waals surface area (Å²) in [6.07, 6.45) is -21.4. The van der Waals surface area contributed by atoms with Gasteiger partial charge in [-0.3, -0.25) is 65.0 Å². The van der Waals surface area contributed by atoms with Crippen molar-refractivity contribution in [2.45, 2.75) is 98.2 Å². The Morgan fingerprint density at radius 3 is 1.55 bits per heavy atom. The summed E-state index contributed by atoms with van der Waals surface area (Å²) >= 11 is 0. The zero-order valence-electron chi connectivity index (χ0n) is 50.7. The van der Waals surface area contributed by atoms with Crippen LogP contribution in [0.2, 0.25) is 0 Å². The summed E-state index contributed by atoms with van der Waals surface area (Å²) in [7, 11) is -22.9. The molecular formula is C44H61IN17O31P5. The van der Waals surface area contributed by atoms with Crippen molar-refractivity contribution in [3.63, 3.8) is 0 Å². The first-order valence-corrected chi connectivity index (χ1v) is 35.3. The zero-order valence-corrected chi connectivity index (χ0v) is 57.3. The highest BCUT2D eigenvalue weighted by Crippen LogP contribution is 2.68. The van der Waals surface area contributed by atoms with Gasteiger partial charge in [0.2, 0.25) is 11.7 Å². The molecule has 98 heavy (non-hydrogen) atoms. The second-order valence-corrected chi connectivity index (χ2v) is 29.2. The fourth-order valence-corrected chi connectivity index (χ4v) is 16.3. The van der Waals surface area contributed by atoms with Crippen LogP contribution < -0.4 is 61.7 Å². The number of anilines is 3. The molecule has 0 spiro atoms. The van der Waals surface area contributed by atoms with E-state index < -0.39 is 181 Å². The molecule has 21 atom stereocenters. The maximum Gasteiger partial charge on any atom is 0.490 e. The predicted octanol–water partition coefficient (Wildman–Crippen LogP) is -7.55. The smallest absolute Gasteiger partial charge is 0.490 e. The van der Waals surface area contributed by atoms with Gasteiger partial charge < -0.3 is 114 Å². The van der Waals surface area contributed by atoms with E-state index in [1.807, 2.05) is 4.98 Å². The molecule has 7 aromatic heterocycles. The molecule has 0 saturated carbocycles. The Kier molecular flexibility index (Phi) is 22.3. The van der Waals surface area contributed by atoms with Crippen LogP contribution in [-0.2, 0) is 94.1 Å². The lowest BCUT2D eigenvalue weighted by atomic mass is 10.1. The molecule has 54 heteroatoms. The van der Waals surface area contributed by atoms with Crippen molar-refractivity contribution in [1.29, 1.82) is 0 Å². The summed E-state index contributed by atoms with van der Waals surface area (Å²) in [5.74, 6) is -0.0781. The van der Waals surface area contributed by atoms with E-state index in [9.17, 15) is 82.1 Å². The third-order valence-electron chi connectivity index (χ3n) is 15.2. The maximum absolute atomic E-state index is 14.3. The van der Waals surface area contributed by atoms with Crippen LogP contribution in [0.1, 0.15) is 24.9 Å². The minimum Gasteiger partial charge on any atom is -1.00 e. The SMILES string of the molecule is CO[C@@H]1[C@H](OP(=O)(O)OC[C@H]2O[C@@H](n3cnc4c(N)ncnc43)[C@H](O)[C@@H]2O)[C@@H](COP(=O)(O)O[C@H]2[C@@H](OC)[C@H](n3cnc4c(N)ncnc43)O[C@@H]2COP(=O)(O)OP(=O)(O)OP(=O)(O)OC[C@H]2O[C@@H]([n+]3cn(C)c4c(=O)[nH]c(N(C)C)nc43)[C@H](O)[C@@H]2O)O[C@H]1n1ccc(=O)[nH]c1=O.[I-]. The summed E-state index contributed by atoms with van der Waals surface area (Å²) < 4.78 is 148. The molecule has 5 unspecified atom stereocenters. The van der Waals surface area contributed by atoms with Gasteiger partial charge in [-0.1, -0.05) is 4.98 Å². The number of fused-ring (bicyclic) bond motifs is 3. The van der Waals surface area contributed by atoms with Crippen molar-refractivity contribution in [1.82, 2.24) is 63.1 Å². The van der Waals surface area contributed by atoms with Crippen molar-refractivity contribution in [3.8, 4) is 0 Å². The number of nitrogens with two attached hydrogens (primary N) is 2. The molecular weight excluding hydrogens is 1540 g/mol. The molecule has 0 aromatic carbocycles. The number of nitrogens with zero attached hydrogens (tertiary/aromatic N) is 13. The third-order valence-corrected chi connectivity index (χ3v) is 21.4. The van der Waals surface area contributed by atoms with Crippen LogP contribution in [0.15, 0.2) is 58.3 Å². The predicted molar refractivity (Wildman–Crippen MR) is 313 cm³/mol. The van der Waals surface area contributed by atoms with Gasteiger partial charge in [0.05, 0.1) is 46.1 Å². The van der Waals surface area contributed by atoms with Gasteiger partial charge in [0.25, 0.3) is 17.1 Å². The van der Waals surface area contributed by atoms with E-state index in [-0.39, 0.29) is 75.1 Å². The highest BCUT2D eigenvalue weighted by Gasteiger charge is 2.56. The molecule has 4 fully saturated rings. The quantitative estimate of drug-likeness (QED) is 0.0129. The van der Waals surface area contributed by atoms with Crippen LogP contribution in [0.25, 0.3) is 33.5 Å². The normalized spacial score (nSPS) is 30.5. The van der Waals surface area contributed by atoms with Crippen LogP contribution in [-0.4, -0.2) is 236 Å². The largest absolute Gasteiger partial charge is 1.00 e. The fourth-order valence-electron chi connectivity index (χ4n) is 10.8. The number of aromatic amines is 2. The lowest BCUT2D eigenvalue weighted by Crippen LogP contribution is -3.00. The Balaban J connectivity index is 0.0000104. The number of phosphoric acid groups is 5. The van der Waals surface area contributed by atoms with Crippen LogP contribution >= 0.6 is 39.1 Å². The van der Waals surface area contributed by atoms with Gasteiger partial charge in [0.1, 0.15) is 96.9 Å². The van der Waals surface area contributed by atoms with Gasteiger partial charge in [-0.05, 0) is 0 Å². The van der Waals surface area contributed by atoms with Crippen molar-refractivity contribution in [2.24, 2.45) is 7.05 Å². The number of ether oxygens (including phenoxy) is 6. The number of aromatic nitrogens is 14. The van der Waals surface area contributed by atoms with Crippen molar-refractivity contribution >= 4 is 90.2 Å². The molecule has 7 aromatic rings. The molecule has 15 N–H and O–H groups in total. The molecule has 0 radical (unpaired) electrons. The minimum absolute atomic E-state index is 0. The molecule has 0 amide bonds. The molecule has 540 valence electrons. The number of H-pyrrole nitrogens is 2. The van der Waals surface area contributed by atoms with Crippen LogP contribution in [0, 0.1) is 0 Å². The van der Waals surface area contributed by atoms with Crippen LogP contribution in [0.4, 0.5) is 17.6 Å². The number of nitrogens with one attached hydrogen (secondary N) is 2. The lowest BCUT2D eigenvalue weighted by molar-refractivity contribution is -0.745. The summed E-state index contributed by atoms with van der Waals surface area (Å²) in [4.78, 5) is 127. The molecule has 4 saturated heterocycles. The Labute approximate surface area is 562 Å². The van der Waals surface area contributed by atoms with Crippen molar-refractivity contribution in [2.75, 3.05) is 71.1 Å². The van der Waals surface area contributed by atoms with E-state index in [1.165, 1.54) is 38.3 Å². The fraction of sp³-hybridized carbons (Fsp3) is 0.568. The number of rotatable bonds is 27. The Morgan fingerprint density at radius 2 is 1.05 bits per heavy atom. The number of aliphatic hydroxyl groups excluding tert-OH is 4. The molecule has 11 rings (SSSR count). The number of imidazole rings is 3. The average molecular weight is 1610 g/mol. The second kappa shape index (κ2) is 29.1. The van der Waals surface area contributed by atoms with Gasteiger partial charge in [-0.25, -0.2) is 62.1 Å². The summed E-state index contributed by atoms with van der Waals surface area (Å²) in [5, 5.41) is 43.8. The average Bonchev–Trinajstić information content (AvgIpc) is 1.62. The maximum atomic E-state index is 14.3. The van der Waals surface area contributed by atoms with Crippen LogP contribution in [0.3, 0.4) is 0 Å². The topological polar surface area (TPSA) is 649 Å². The summed E-state index contributed by atoms with van der Waals surface area (Å²) in [6, 6.07) is 0.887.